The van der Waals surface area contributed by atoms with Gasteiger partial charge >= 0.3 is 0 Å². The summed E-state index contributed by atoms with van der Waals surface area (Å²) in [6.07, 6.45) is 0.361. The monoisotopic (exact) mass is 371 g/mol. The third kappa shape index (κ3) is 3.48. The van der Waals surface area contributed by atoms with Crippen LogP contribution in [0.4, 0.5) is 0 Å². The lowest BCUT2D eigenvalue weighted by Gasteiger charge is -2.15. The molecule has 3 aromatic rings. The van der Waals surface area contributed by atoms with Crippen molar-refractivity contribution in [1.82, 2.24) is 9.55 Å². The van der Waals surface area contributed by atoms with Gasteiger partial charge in [0.25, 0.3) is 5.56 Å². The third-order valence-corrected chi connectivity index (χ3v) is 4.75. The molecule has 0 atom stereocenters. The average Bonchev–Trinajstić information content (AvgIpc) is 2.62. The van der Waals surface area contributed by atoms with E-state index in [4.69, 9.17) is 21.6 Å². The molecular weight excluding hydrogens is 358 g/mol. The zero-order valence-electron chi connectivity index (χ0n) is 13.4. The fourth-order valence-electron chi connectivity index (χ4n) is 2.45. The second-order valence-corrected chi connectivity index (χ2v) is 6.62. The van der Waals surface area contributed by atoms with Crippen LogP contribution in [0.25, 0.3) is 16.6 Å². The van der Waals surface area contributed by atoms with Gasteiger partial charge in [-0.2, -0.15) is 5.26 Å². The predicted molar refractivity (Wildman–Crippen MR) is 99.9 cm³/mol. The minimum absolute atomic E-state index is 0.203. The number of thioether (sulfide) groups is 1. The van der Waals surface area contributed by atoms with Gasteiger partial charge < -0.3 is 4.74 Å². The number of nitrogens with zero attached hydrogens (tertiary/aromatic N) is 3. The number of fused-ring (bicyclic) bond motifs is 1. The molecule has 0 saturated carbocycles. The Kier molecular flexibility index (Phi) is 5.27. The number of nitriles is 1. The Morgan fingerprint density at radius 1 is 1.32 bits per heavy atom. The van der Waals surface area contributed by atoms with Crippen molar-refractivity contribution in [1.29, 1.82) is 5.26 Å². The smallest absolute Gasteiger partial charge is 0.266 e. The molecule has 1 aromatic heterocycles. The summed E-state index contributed by atoms with van der Waals surface area (Å²) >= 11 is 7.39. The number of methoxy groups -OCH3 is 1. The predicted octanol–water partition coefficient (Wildman–Crippen LogP) is 4.05. The summed E-state index contributed by atoms with van der Waals surface area (Å²) in [7, 11) is 1.56. The number of aromatic nitrogens is 2. The van der Waals surface area contributed by atoms with Crippen LogP contribution < -0.4 is 10.3 Å². The summed E-state index contributed by atoms with van der Waals surface area (Å²) < 4.78 is 6.92. The first-order chi connectivity index (χ1) is 12.2. The number of ether oxygens (including phenoxy) is 1. The summed E-state index contributed by atoms with van der Waals surface area (Å²) in [5.41, 5.74) is 0.938. The van der Waals surface area contributed by atoms with Gasteiger partial charge in [0.2, 0.25) is 0 Å². The summed E-state index contributed by atoms with van der Waals surface area (Å²) in [5, 5.41) is 10.3. The molecule has 0 unspecified atom stereocenters. The minimum atomic E-state index is -0.203. The van der Waals surface area contributed by atoms with Crippen molar-refractivity contribution < 1.29 is 4.74 Å². The van der Waals surface area contributed by atoms with Gasteiger partial charge in [0.05, 0.1) is 29.8 Å². The molecule has 5 nitrogen and oxygen atoms in total. The summed E-state index contributed by atoms with van der Waals surface area (Å²) in [4.78, 5) is 17.7. The highest BCUT2D eigenvalue weighted by Gasteiger charge is 2.16. The maximum absolute atomic E-state index is 13.1. The van der Waals surface area contributed by atoms with E-state index in [1.807, 2.05) is 12.1 Å². The second kappa shape index (κ2) is 7.60. The standard InChI is InChI=1S/C18H14ClN3O2S/c1-24-16-6-3-2-5-15(16)22-17(23)13-8-7-12(19)11-14(13)21-18(22)25-10-4-9-20/h2-3,5-8,11H,4,10H2,1H3. The molecule has 0 bridgehead atoms. The van der Waals surface area contributed by atoms with Crippen LogP contribution in [0.15, 0.2) is 52.4 Å². The lowest BCUT2D eigenvalue weighted by molar-refractivity contribution is 0.411. The topological polar surface area (TPSA) is 67.9 Å². The molecular formula is C18H14ClN3O2S. The largest absolute Gasteiger partial charge is 0.495 e. The Labute approximate surface area is 153 Å². The van der Waals surface area contributed by atoms with E-state index in [0.717, 1.165) is 0 Å². The van der Waals surface area contributed by atoms with Gasteiger partial charge in [-0.15, -0.1) is 0 Å². The van der Waals surface area contributed by atoms with Gasteiger partial charge in [0.15, 0.2) is 5.16 Å². The van der Waals surface area contributed by atoms with Gasteiger partial charge in [-0.05, 0) is 30.3 Å². The highest BCUT2D eigenvalue weighted by atomic mass is 35.5. The second-order valence-electron chi connectivity index (χ2n) is 5.12. The Balaban J connectivity index is 2.29. The molecule has 0 N–H and O–H groups in total. The number of hydrogen-bond donors (Lipinski definition) is 0. The Morgan fingerprint density at radius 3 is 2.88 bits per heavy atom. The molecule has 0 aliphatic heterocycles. The van der Waals surface area contributed by atoms with Crippen molar-refractivity contribution >= 4 is 34.3 Å². The zero-order chi connectivity index (χ0) is 17.8. The van der Waals surface area contributed by atoms with E-state index in [0.29, 0.717) is 44.7 Å². The number of benzene rings is 2. The van der Waals surface area contributed by atoms with E-state index >= 15 is 0 Å². The lowest BCUT2D eigenvalue weighted by Crippen LogP contribution is -2.22. The molecule has 0 aliphatic carbocycles. The first-order valence-corrected chi connectivity index (χ1v) is 8.87. The number of para-hydroxylation sites is 2. The number of rotatable bonds is 5. The van der Waals surface area contributed by atoms with E-state index < -0.39 is 0 Å². The van der Waals surface area contributed by atoms with E-state index in [1.165, 1.54) is 16.3 Å². The third-order valence-electron chi connectivity index (χ3n) is 3.57. The maximum atomic E-state index is 13.1. The van der Waals surface area contributed by atoms with Crippen LogP contribution in [-0.2, 0) is 0 Å². The molecule has 0 radical (unpaired) electrons. The first kappa shape index (κ1) is 17.3. The number of halogens is 1. The molecule has 0 aliphatic rings. The van der Waals surface area contributed by atoms with Crippen molar-refractivity contribution in [3.8, 4) is 17.5 Å². The molecule has 0 fully saturated rings. The lowest BCUT2D eigenvalue weighted by atomic mass is 10.2. The van der Waals surface area contributed by atoms with Crippen molar-refractivity contribution in [2.45, 2.75) is 11.6 Å². The van der Waals surface area contributed by atoms with Crippen molar-refractivity contribution in [3.05, 3.63) is 57.8 Å². The van der Waals surface area contributed by atoms with Crippen LogP contribution in [0, 0.1) is 11.3 Å². The Morgan fingerprint density at radius 2 is 2.12 bits per heavy atom. The highest BCUT2D eigenvalue weighted by molar-refractivity contribution is 7.99. The molecule has 3 rings (SSSR count). The van der Waals surface area contributed by atoms with Gasteiger partial charge in [-0.1, -0.05) is 35.5 Å². The molecule has 0 amide bonds. The molecule has 0 spiro atoms. The van der Waals surface area contributed by atoms with Crippen molar-refractivity contribution in [2.24, 2.45) is 0 Å². The van der Waals surface area contributed by atoms with Gasteiger partial charge in [0, 0.05) is 17.2 Å². The quantitative estimate of drug-likeness (QED) is 0.384. The van der Waals surface area contributed by atoms with Crippen molar-refractivity contribution in [2.75, 3.05) is 12.9 Å². The molecule has 126 valence electrons. The highest BCUT2D eigenvalue weighted by Crippen LogP contribution is 2.27. The molecule has 1 heterocycles. The molecule has 7 heteroatoms. The van der Waals surface area contributed by atoms with Crippen LogP contribution in [0.1, 0.15) is 6.42 Å². The molecule has 2 aromatic carbocycles. The maximum Gasteiger partial charge on any atom is 0.266 e. The fraction of sp³-hybridized carbons (Fsp3) is 0.167. The number of hydrogen-bond acceptors (Lipinski definition) is 5. The van der Waals surface area contributed by atoms with E-state index in [9.17, 15) is 4.79 Å². The normalized spacial score (nSPS) is 10.6. The van der Waals surface area contributed by atoms with Gasteiger partial charge in [0.1, 0.15) is 5.75 Å². The van der Waals surface area contributed by atoms with Gasteiger partial charge in [-0.3, -0.25) is 9.36 Å². The van der Waals surface area contributed by atoms with Gasteiger partial charge in [-0.25, -0.2) is 4.98 Å². The van der Waals surface area contributed by atoms with Crippen LogP contribution in [-0.4, -0.2) is 22.4 Å². The first-order valence-electron chi connectivity index (χ1n) is 7.51. The fourth-order valence-corrected chi connectivity index (χ4v) is 3.47. The van der Waals surface area contributed by atoms with Crippen LogP contribution in [0.2, 0.25) is 5.02 Å². The van der Waals surface area contributed by atoms with E-state index in [-0.39, 0.29) is 5.56 Å². The molecule has 0 saturated heterocycles. The Bertz CT molecular complexity index is 1030. The van der Waals surface area contributed by atoms with E-state index in [1.54, 1.807) is 37.4 Å². The Hall–Kier alpha value is -2.49. The van der Waals surface area contributed by atoms with Crippen LogP contribution >= 0.6 is 23.4 Å². The van der Waals surface area contributed by atoms with Crippen molar-refractivity contribution in [3.63, 3.8) is 0 Å². The summed E-state index contributed by atoms with van der Waals surface area (Å²) in [6, 6.07) is 14.4. The zero-order valence-corrected chi connectivity index (χ0v) is 15.0. The SMILES string of the molecule is COc1ccccc1-n1c(SCCC#N)nc2cc(Cl)ccc2c1=O. The minimum Gasteiger partial charge on any atom is -0.495 e. The average molecular weight is 372 g/mol. The van der Waals surface area contributed by atoms with Crippen LogP contribution in [0.3, 0.4) is 0 Å². The summed E-state index contributed by atoms with van der Waals surface area (Å²) in [5.74, 6) is 1.10. The summed E-state index contributed by atoms with van der Waals surface area (Å²) in [6.45, 7) is 0. The van der Waals surface area contributed by atoms with Crippen LogP contribution in [0.5, 0.6) is 5.75 Å². The van der Waals surface area contributed by atoms with E-state index in [2.05, 4.69) is 11.1 Å². The molecule has 25 heavy (non-hydrogen) atoms.